The molecule has 0 saturated carbocycles. The van der Waals surface area contributed by atoms with Gasteiger partial charge in [0.15, 0.2) is 16.7 Å². The van der Waals surface area contributed by atoms with Crippen LogP contribution < -0.4 is 14.8 Å². The molecule has 24 heavy (non-hydrogen) atoms. The van der Waals surface area contributed by atoms with Crippen LogP contribution in [0.1, 0.15) is 6.92 Å². The average Bonchev–Trinajstić information content (AvgIpc) is 3.19. The summed E-state index contributed by atoms with van der Waals surface area (Å²) in [4.78, 5) is 20.1. The number of hydrogen-bond acceptors (Lipinski definition) is 5. The minimum Gasteiger partial charge on any atom is -0.454 e. The second-order valence-electron chi connectivity index (χ2n) is 5.38. The summed E-state index contributed by atoms with van der Waals surface area (Å²) in [7, 11) is 0. The van der Waals surface area contributed by atoms with Gasteiger partial charge in [-0.2, -0.15) is 0 Å². The molecule has 0 radical (unpaired) electrons. The Morgan fingerprint density at radius 1 is 1.25 bits per heavy atom. The number of imidazole rings is 1. The van der Waals surface area contributed by atoms with Crippen LogP contribution in [0.3, 0.4) is 0 Å². The summed E-state index contributed by atoms with van der Waals surface area (Å²) in [5.41, 5.74) is 2.54. The molecule has 0 fully saturated rings. The quantitative estimate of drug-likeness (QED) is 0.711. The van der Waals surface area contributed by atoms with Crippen molar-refractivity contribution in [3.05, 3.63) is 42.5 Å². The van der Waals surface area contributed by atoms with Gasteiger partial charge in [-0.05, 0) is 31.2 Å². The monoisotopic (exact) mass is 341 g/mol. The molecule has 2 aromatic carbocycles. The molecule has 1 unspecified atom stereocenters. The number of carbonyl (C=O) groups excluding carboxylic acids is 1. The number of ether oxygens (including phenoxy) is 2. The first-order valence-corrected chi connectivity index (χ1v) is 8.39. The number of amides is 1. The minimum absolute atomic E-state index is 0.0979. The van der Waals surface area contributed by atoms with Crippen LogP contribution in [0.2, 0.25) is 0 Å². The molecule has 0 aliphatic carbocycles. The molecule has 6 nitrogen and oxygen atoms in total. The van der Waals surface area contributed by atoms with Gasteiger partial charge in [0.2, 0.25) is 12.7 Å². The lowest BCUT2D eigenvalue weighted by atomic mass is 10.2. The van der Waals surface area contributed by atoms with Crippen LogP contribution in [-0.4, -0.2) is 27.9 Å². The van der Waals surface area contributed by atoms with Gasteiger partial charge in [0.25, 0.3) is 0 Å². The number of aromatic nitrogens is 2. The molecule has 0 saturated heterocycles. The Morgan fingerprint density at radius 3 is 2.96 bits per heavy atom. The molecule has 0 spiro atoms. The van der Waals surface area contributed by atoms with Gasteiger partial charge in [-0.15, -0.1) is 0 Å². The van der Waals surface area contributed by atoms with Crippen molar-refractivity contribution in [3.63, 3.8) is 0 Å². The summed E-state index contributed by atoms with van der Waals surface area (Å²) in [5.74, 6) is 1.24. The Hall–Kier alpha value is -2.67. The molecule has 122 valence electrons. The Morgan fingerprint density at radius 2 is 2.08 bits per heavy atom. The Bertz CT molecular complexity index is 876. The summed E-state index contributed by atoms with van der Waals surface area (Å²) in [6, 6.07) is 13.1. The number of benzene rings is 2. The van der Waals surface area contributed by atoms with E-state index in [0.29, 0.717) is 17.2 Å². The fourth-order valence-corrected chi connectivity index (χ4v) is 3.25. The first kappa shape index (κ1) is 14.9. The first-order valence-electron chi connectivity index (χ1n) is 7.51. The largest absolute Gasteiger partial charge is 0.454 e. The third-order valence-corrected chi connectivity index (χ3v) is 4.65. The van der Waals surface area contributed by atoms with Gasteiger partial charge in [-0.3, -0.25) is 4.79 Å². The van der Waals surface area contributed by atoms with E-state index in [1.165, 1.54) is 11.8 Å². The summed E-state index contributed by atoms with van der Waals surface area (Å²) >= 11 is 1.39. The number of H-pyrrole nitrogens is 1. The number of fused-ring (bicyclic) bond motifs is 2. The van der Waals surface area contributed by atoms with E-state index in [1.54, 1.807) is 18.2 Å². The van der Waals surface area contributed by atoms with Crippen molar-refractivity contribution in [3.8, 4) is 11.5 Å². The zero-order valence-electron chi connectivity index (χ0n) is 12.9. The molecule has 1 atom stereocenters. The van der Waals surface area contributed by atoms with Crippen LogP contribution in [0, 0.1) is 0 Å². The minimum atomic E-state index is -0.295. The van der Waals surface area contributed by atoms with Gasteiger partial charge >= 0.3 is 0 Å². The molecule has 1 aromatic heterocycles. The maximum Gasteiger partial charge on any atom is 0.237 e. The molecule has 1 aliphatic rings. The Kier molecular flexibility index (Phi) is 3.78. The van der Waals surface area contributed by atoms with E-state index in [2.05, 4.69) is 15.3 Å². The van der Waals surface area contributed by atoms with E-state index in [4.69, 9.17) is 9.47 Å². The average molecular weight is 341 g/mol. The number of anilines is 1. The van der Waals surface area contributed by atoms with Gasteiger partial charge in [0.1, 0.15) is 0 Å². The van der Waals surface area contributed by atoms with Crippen LogP contribution >= 0.6 is 11.8 Å². The third-order valence-electron chi connectivity index (χ3n) is 3.67. The van der Waals surface area contributed by atoms with E-state index >= 15 is 0 Å². The number of carbonyl (C=O) groups is 1. The van der Waals surface area contributed by atoms with Crippen molar-refractivity contribution in [2.45, 2.75) is 17.3 Å². The van der Waals surface area contributed by atoms with Crippen LogP contribution in [-0.2, 0) is 4.79 Å². The maximum absolute atomic E-state index is 12.4. The number of nitrogens with one attached hydrogen (secondary N) is 2. The van der Waals surface area contributed by atoms with Crippen LogP contribution in [0.5, 0.6) is 11.5 Å². The predicted octanol–water partition coefficient (Wildman–Crippen LogP) is 3.41. The Labute approximate surface area is 142 Å². The highest BCUT2D eigenvalue weighted by molar-refractivity contribution is 8.00. The van der Waals surface area contributed by atoms with Gasteiger partial charge in [0, 0.05) is 11.8 Å². The molecule has 0 bridgehead atoms. The Balaban J connectivity index is 1.44. The van der Waals surface area contributed by atoms with E-state index in [-0.39, 0.29) is 18.0 Å². The number of nitrogens with zero attached hydrogens (tertiary/aromatic N) is 1. The normalized spacial score (nSPS) is 13.9. The van der Waals surface area contributed by atoms with Crippen molar-refractivity contribution in [2.24, 2.45) is 0 Å². The molecule has 1 amide bonds. The van der Waals surface area contributed by atoms with E-state index in [0.717, 1.165) is 16.2 Å². The van der Waals surface area contributed by atoms with Crippen molar-refractivity contribution in [1.29, 1.82) is 0 Å². The highest BCUT2D eigenvalue weighted by Crippen LogP contribution is 2.34. The second kappa shape index (κ2) is 6.09. The van der Waals surface area contributed by atoms with Crippen molar-refractivity contribution in [1.82, 2.24) is 9.97 Å². The van der Waals surface area contributed by atoms with Crippen LogP contribution in [0.4, 0.5) is 5.69 Å². The number of para-hydroxylation sites is 2. The summed E-state index contributed by atoms with van der Waals surface area (Å²) in [6.07, 6.45) is 0. The van der Waals surface area contributed by atoms with E-state index in [1.807, 2.05) is 31.2 Å². The number of hydrogen-bond donors (Lipinski definition) is 2. The summed E-state index contributed by atoms with van der Waals surface area (Å²) < 4.78 is 10.6. The molecular formula is C17H15N3O3S. The topological polar surface area (TPSA) is 76.2 Å². The lowest BCUT2D eigenvalue weighted by Gasteiger charge is -2.11. The fraction of sp³-hybridized carbons (Fsp3) is 0.176. The van der Waals surface area contributed by atoms with Crippen LogP contribution in [0.15, 0.2) is 47.6 Å². The van der Waals surface area contributed by atoms with Crippen LogP contribution in [0.25, 0.3) is 11.0 Å². The van der Waals surface area contributed by atoms with Gasteiger partial charge in [-0.25, -0.2) is 4.98 Å². The van der Waals surface area contributed by atoms with Gasteiger partial charge in [-0.1, -0.05) is 23.9 Å². The SMILES string of the molecule is CC(Sc1nc2ccccc2[nH]1)C(=O)Nc1ccc2c(c1)OCO2. The third kappa shape index (κ3) is 2.90. The highest BCUT2D eigenvalue weighted by Gasteiger charge is 2.19. The molecule has 2 heterocycles. The summed E-state index contributed by atoms with van der Waals surface area (Å²) in [5, 5.41) is 3.32. The number of thioether (sulfide) groups is 1. The first-order chi connectivity index (χ1) is 11.7. The van der Waals surface area contributed by atoms with Gasteiger partial charge in [0.05, 0.1) is 16.3 Å². The molecule has 3 aromatic rings. The number of aromatic amines is 1. The highest BCUT2D eigenvalue weighted by atomic mass is 32.2. The van der Waals surface area contributed by atoms with E-state index in [9.17, 15) is 4.79 Å². The lowest BCUT2D eigenvalue weighted by Crippen LogP contribution is -2.22. The molecule has 1 aliphatic heterocycles. The summed E-state index contributed by atoms with van der Waals surface area (Å²) in [6.45, 7) is 2.06. The van der Waals surface area contributed by atoms with Crippen molar-refractivity contribution in [2.75, 3.05) is 12.1 Å². The molecule has 4 rings (SSSR count). The van der Waals surface area contributed by atoms with Crippen molar-refractivity contribution >= 4 is 34.4 Å². The zero-order valence-corrected chi connectivity index (χ0v) is 13.7. The fourth-order valence-electron chi connectivity index (χ4n) is 2.42. The maximum atomic E-state index is 12.4. The molecule has 7 heteroatoms. The smallest absolute Gasteiger partial charge is 0.237 e. The zero-order chi connectivity index (χ0) is 16.5. The van der Waals surface area contributed by atoms with Gasteiger partial charge < -0.3 is 19.8 Å². The molecular weight excluding hydrogens is 326 g/mol. The second-order valence-corrected chi connectivity index (χ2v) is 6.71. The number of rotatable bonds is 4. The standard InChI is InChI=1S/C17H15N3O3S/c1-10(24-17-19-12-4-2-3-5-13(12)20-17)16(21)18-11-6-7-14-15(8-11)23-9-22-14/h2-8,10H,9H2,1H3,(H,18,21)(H,19,20). The van der Waals surface area contributed by atoms with Crippen molar-refractivity contribution < 1.29 is 14.3 Å². The molecule has 2 N–H and O–H groups in total. The lowest BCUT2D eigenvalue weighted by molar-refractivity contribution is -0.115. The van der Waals surface area contributed by atoms with E-state index < -0.39 is 0 Å². The predicted molar refractivity (Wildman–Crippen MR) is 92.6 cm³/mol.